The Morgan fingerprint density at radius 1 is 1.44 bits per heavy atom. The van der Waals surface area contributed by atoms with Crippen molar-refractivity contribution in [1.29, 1.82) is 0 Å². The third-order valence-electron chi connectivity index (χ3n) is 3.22. The van der Waals surface area contributed by atoms with Crippen LogP contribution < -0.4 is 0 Å². The fraction of sp³-hybridized carbons (Fsp3) is 0.692. The van der Waals surface area contributed by atoms with E-state index in [4.69, 9.17) is 4.43 Å². The molecule has 0 aliphatic carbocycles. The SMILES string of the molecule is C=C[C@H](C/C(C)=C/I)O[Si](C)(C)C(C)(C)C. The van der Waals surface area contributed by atoms with Gasteiger partial charge in [0.1, 0.15) is 0 Å². The van der Waals surface area contributed by atoms with Gasteiger partial charge in [0.15, 0.2) is 8.32 Å². The minimum Gasteiger partial charge on any atom is -0.410 e. The molecule has 0 N–H and O–H groups in total. The van der Waals surface area contributed by atoms with Crippen LogP contribution in [-0.2, 0) is 4.43 Å². The molecule has 0 aromatic rings. The molecule has 0 unspecified atom stereocenters. The van der Waals surface area contributed by atoms with Crippen LogP contribution in [0.2, 0.25) is 18.1 Å². The lowest BCUT2D eigenvalue weighted by molar-refractivity contribution is 0.225. The fourth-order valence-electron chi connectivity index (χ4n) is 1.09. The summed E-state index contributed by atoms with van der Waals surface area (Å²) in [5, 5.41) is 0.260. The van der Waals surface area contributed by atoms with E-state index in [1.165, 1.54) is 5.57 Å². The van der Waals surface area contributed by atoms with E-state index in [1.807, 2.05) is 6.08 Å². The lowest BCUT2D eigenvalue weighted by atomic mass is 10.1. The summed E-state index contributed by atoms with van der Waals surface area (Å²) in [5.41, 5.74) is 1.35. The molecule has 0 aliphatic heterocycles. The molecule has 0 radical (unpaired) electrons. The average Bonchev–Trinajstić information content (AvgIpc) is 2.14. The van der Waals surface area contributed by atoms with E-state index in [2.05, 4.69) is 74.0 Å². The van der Waals surface area contributed by atoms with Gasteiger partial charge >= 0.3 is 0 Å². The summed E-state index contributed by atoms with van der Waals surface area (Å²) in [5.74, 6) is 0. The molecule has 0 spiro atoms. The summed E-state index contributed by atoms with van der Waals surface area (Å²) < 4.78 is 8.42. The average molecular weight is 352 g/mol. The molecule has 16 heavy (non-hydrogen) atoms. The number of hydrogen-bond donors (Lipinski definition) is 0. The Morgan fingerprint density at radius 3 is 2.25 bits per heavy atom. The summed E-state index contributed by atoms with van der Waals surface area (Å²) in [6, 6.07) is 0. The molecule has 0 saturated heterocycles. The van der Waals surface area contributed by atoms with Crippen molar-refractivity contribution in [2.24, 2.45) is 0 Å². The Bertz CT molecular complexity index is 264. The van der Waals surface area contributed by atoms with Gasteiger partial charge in [-0.2, -0.15) is 0 Å². The summed E-state index contributed by atoms with van der Waals surface area (Å²) in [6.07, 6.45) is 3.05. The molecule has 0 saturated carbocycles. The zero-order chi connectivity index (χ0) is 13.0. The van der Waals surface area contributed by atoms with Gasteiger partial charge in [0.05, 0.1) is 6.10 Å². The number of halogens is 1. The van der Waals surface area contributed by atoms with Crippen molar-refractivity contribution >= 4 is 30.9 Å². The highest BCUT2D eigenvalue weighted by Gasteiger charge is 2.38. The molecule has 0 amide bonds. The molecule has 0 aromatic carbocycles. The lowest BCUT2D eigenvalue weighted by Crippen LogP contribution is -2.43. The highest BCUT2D eigenvalue weighted by Crippen LogP contribution is 2.38. The van der Waals surface area contributed by atoms with Crippen molar-refractivity contribution in [1.82, 2.24) is 0 Å². The smallest absolute Gasteiger partial charge is 0.192 e. The van der Waals surface area contributed by atoms with Crippen LogP contribution >= 0.6 is 22.6 Å². The minimum absolute atomic E-state index is 0.159. The highest BCUT2D eigenvalue weighted by molar-refractivity contribution is 14.1. The summed E-state index contributed by atoms with van der Waals surface area (Å²) in [6.45, 7) is 17.4. The van der Waals surface area contributed by atoms with Gasteiger partial charge in [0, 0.05) is 0 Å². The molecule has 0 aromatic heterocycles. The zero-order valence-corrected chi connectivity index (χ0v) is 14.6. The maximum atomic E-state index is 6.30. The first-order valence-electron chi connectivity index (χ1n) is 5.70. The van der Waals surface area contributed by atoms with Crippen LogP contribution in [0.1, 0.15) is 34.1 Å². The van der Waals surface area contributed by atoms with Crippen molar-refractivity contribution in [3.8, 4) is 0 Å². The standard InChI is InChI=1S/C13H25IOSi/c1-8-12(9-11(2)10-14)15-16(6,7)13(3,4)5/h8,10,12H,1,9H2,2-7H3/b11-10+/t12-/m1/s1. The van der Waals surface area contributed by atoms with Crippen LogP contribution in [0, 0.1) is 0 Å². The first-order chi connectivity index (χ1) is 7.14. The third-order valence-corrected chi connectivity index (χ3v) is 8.79. The largest absolute Gasteiger partial charge is 0.410 e. The van der Waals surface area contributed by atoms with Crippen LogP contribution in [0.25, 0.3) is 0 Å². The van der Waals surface area contributed by atoms with Gasteiger partial charge in [-0.15, -0.1) is 6.58 Å². The molecular weight excluding hydrogens is 327 g/mol. The molecule has 3 heteroatoms. The van der Waals surface area contributed by atoms with Gasteiger partial charge < -0.3 is 4.43 Å². The molecule has 0 rings (SSSR count). The lowest BCUT2D eigenvalue weighted by Gasteiger charge is -2.38. The second-order valence-corrected chi connectivity index (χ2v) is 11.2. The van der Waals surface area contributed by atoms with Gasteiger partial charge in [0.25, 0.3) is 0 Å². The Morgan fingerprint density at radius 2 is 1.94 bits per heavy atom. The normalized spacial score (nSPS) is 16.1. The first kappa shape index (κ1) is 16.4. The molecule has 0 bridgehead atoms. The maximum absolute atomic E-state index is 6.30. The summed E-state index contributed by atoms with van der Waals surface area (Å²) in [7, 11) is -1.67. The van der Waals surface area contributed by atoms with E-state index in [0.717, 1.165) is 6.42 Å². The van der Waals surface area contributed by atoms with Crippen molar-refractivity contribution in [2.75, 3.05) is 0 Å². The Kier molecular flexibility index (Phi) is 6.51. The van der Waals surface area contributed by atoms with Gasteiger partial charge in [-0.25, -0.2) is 0 Å². The molecule has 0 aliphatic rings. The number of hydrogen-bond acceptors (Lipinski definition) is 1. The minimum atomic E-state index is -1.67. The van der Waals surface area contributed by atoms with Crippen LogP contribution in [0.3, 0.4) is 0 Å². The molecule has 0 heterocycles. The molecule has 94 valence electrons. The second kappa shape index (κ2) is 6.35. The van der Waals surface area contributed by atoms with Gasteiger partial charge in [-0.3, -0.25) is 0 Å². The van der Waals surface area contributed by atoms with E-state index < -0.39 is 8.32 Å². The second-order valence-electron chi connectivity index (χ2n) is 5.81. The molecule has 1 nitrogen and oxygen atoms in total. The maximum Gasteiger partial charge on any atom is 0.192 e. The third kappa shape index (κ3) is 5.14. The Labute approximate surface area is 116 Å². The molecular formula is C13H25IOSi. The van der Waals surface area contributed by atoms with Crippen molar-refractivity contribution in [3.63, 3.8) is 0 Å². The van der Waals surface area contributed by atoms with Crippen LogP contribution in [0.15, 0.2) is 22.3 Å². The van der Waals surface area contributed by atoms with Crippen molar-refractivity contribution in [3.05, 3.63) is 22.3 Å². The summed E-state index contributed by atoms with van der Waals surface area (Å²) in [4.78, 5) is 0. The molecule has 0 fully saturated rings. The molecule has 1 atom stereocenters. The highest BCUT2D eigenvalue weighted by atomic mass is 127. The predicted molar refractivity (Wildman–Crippen MR) is 84.7 cm³/mol. The first-order valence-corrected chi connectivity index (χ1v) is 9.85. The summed E-state index contributed by atoms with van der Waals surface area (Å²) >= 11 is 2.28. The van der Waals surface area contributed by atoms with E-state index >= 15 is 0 Å². The van der Waals surface area contributed by atoms with Crippen molar-refractivity contribution in [2.45, 2.75) is 58.4 Å². The van der Waals surface area contributed by atoms with Gasteiger partial charge in [-0.1, -0.05) is 55.0 Å². The zero-order valence-electron chi connectivity index (χ0n) is 11.4. The van der Waals surface area contributed by atoms with E-state index in [0.29, 0.717) is 0 Å². The van der Waals surface area contributed by atoms with Crippen molar-refractivity contribution < 1.29 is 4.43 Å². The predicted octanol–water partition coefficient (Wildman–Crippen LogP) is 5.29. The van der Waals surface area contributed by atoms with Crippen LogP contribution in [-0.4, -0.2) is 14.4 Å². The monoisotopic (exact) mass is 352 g/mol. The van der Waals surface area contributed by atoms with Gasteiger partial charge in [-0.05, 0) is 35.6 Å². The van der Waals surface area contributed by atoms with E-state index in [9.17, 15) is 0 Å². The topological polar surface area (TPSA) is 9.23 Å². The van der Waals surface area contributed by atoms with E-state index in [-0.39, 0.29) is 11.1 Å². The van der Waals surface area contributed by atoms with Crippen LogP contribution in [0.4, 0.5) is 0 Å². The van der Waals surface area contributed by atoms with Gasteiger partial charge in [0.2, 0.25) is 0 Å². The Balaban J connectivity index is 4.61. The Hall–Kier alpha value is 0.387. The van der Waals surface area contributed by atoms with E-state index in [1.54, 1.807) is 0 Å². The number of rotatable bonds is 5. The van der Waals surface area contributed by atoms with Crippen LogP contribution in [0.5, 0.6) is 0 Å². The quantitative estimate of drug-likeness (QED) is 0.371. The fourth-order valence-corrected chi connectivity index (χ4v) is 2.63.